The van der Waals surface area contributed by atoms with Crippen molar-refractivity contribution in [3.63, 3.8) is 0 Å². The zero-order valence-corrected chi connectivity index (χ0v) is 12.4. The molecule has 0 aromatic heterocycles. The molecule has 98 valence electrons. The van der Waals surface area contributed by atoms with Gasteiger partial charge in [0.1, 0.15) is 0 Å². The van der Waals surface area contributed by atoms with Crippen LogP contribution in [0.15, 0.2) is 67.2 Å². The van der Waals surface area contributed by atoms with Crippen LogP contribution in [0.1, 0.15) is 24.1 Å². The van der Waals surface area contributed by atoms with Gasteiger partial charge >= 0.3 is 18.9 Å². The molecule has 0 amide bonds. The van der Waals surface area contributed by atoms with Crippen molar-refractivity contribution in [2.75, 3.05) is 6.54 Å². The van der Waals surface area contributed by atoms with Gasteiger partial charge in [0.25, 0.3) is 0 Å². The van der Waals surface area contributed by atoms with E-state index in [1.807, 2.05) is 6.07 Å². The fourth-order valence-electron chi connectivity index (χ4n) is 2.23. The van der Waals surface area contributed by atoms with E-state index < -0.39 is 0 Å². The largest absolute Gasteiger partial charge is 1.00 e. The smallest absolute Gasteiger partial charge is 0.489 e. The summed E-state index contributed by atoms with van der Waals surface area (Å²) in [6.45, 7) is 7.67. The van der Waals surface area contributed by atoms with Crippen LogP contribution in [-0.2, 0) is 6.54 Å². The third kappa shape index (κ3) is 4.69. The van der Waals surface area contributed by atoms with Gasteiger partial charge in [0.2, 0.25) is 0 Å². The summed E-state index contributed by atoms with van der Waals surface area (Å²) in [4.78, 5) is 2.37. The van der Waals surface area contributed by atoms with E-state index in [4.69, 9.17) is 0 Å². The Hall–Kier alpha value is -1.26. The second-order valence-corrected chi connectivity index (χ2v) is 4.73. The average Bonchev–Trinajstić information content (AvgIpc) is 2.48. The third-order valence-corrected chi connectivity index (χ3v) is 3.37. The van der Waals surface area contributed by atoms with Gasteiger partial charge in [-0.1, -0.05) is 60.7 Å². The Morgan fingerprint density at radius 2 is 1.55 bits per heavy atom. The van der Waals surface area contributed by atoms with Crippen molar-refractivity contribution < 1.29 is 18.9 Å². The van der Waals surface area contributed by atoms with Crippen LogP contribution < -0.4 is 18.9 Å². The molecule has 1 nitrogen and oxygen atoms in total. The standard InChI is InChI=1S/C18H20N.Li/c1-3-14-19(15-17-10-6-4-7-11-17)16(2)18-12-8-5-9-13-18;/h4-13,16H,1,14-15H2,2H3;/q-1;+1/t16-;/m0./s1. The topological polar surface area (TPSA) is 3.24 Å². The van der Waals surface area contributed by atoms with E-state index in [2.05, 4.69) is 79.1 Å². The first-order chi connectivity index (χ1) is 9.31. The van der Waals surface area contributed by atoms with E-state index in [0.29, 0.717) is 6.04 Å². The number of rotatable bonds is 6. The monoisotopic (exact) mass is 257 g/mol. The van der Waals surface area contributed by atoms with Gasteiger partial charge in [-0.15, -0.1) is 6.54 Å². The Kier molecular flexibility index (Phi) is 7.40. The van der Waals surface area contributed by atoms with E-state index >= 15 is 0 Å². The molecular formula is C18H20LiN. The summed E-state index contributed by atoms with van der Waals surface area (Å²) in [5, 5.41) is 0. The number of benzene rings is 2. The maximum absolute atomic E-state index is 3.75. The molecule has 0 saturated heterocycles. The van der Waals surface area contributed by atoms with Crippen molar-refractivity contribution in [3.05, 3.63) is 84.4 Å². The summed E-state index contributed by atoms with van der Waals surface area (Å²) < 4.78 is 0. The average molecular weight is 257 g/mol. The van der Waals surface area contributed by atoms with E-state index in [-0.39, 0.29) is 18.9 Å². The molecule has 0 heterocycles. The Labute approximate surface area is 134 Å². The van der Waals surface area contributed by atoms with Gasteiger partial charge in [-0.3, -0.25) is 6.58 Å². The molecule has 0 aliphatic heterocycles. The van der Waals surface area contributed by atoms with Gasteiger partial charge < -0.3 is 11.0 Å². The van der Waals surface area contributed by atoms with Gasteiger partial charge in [0.15, 0.2) is 0 Å². The molecule has 1 atom stereocenters. The molecule has 0 saturated carbocycles. The molecule has 0 N–H and O–H groups in total. The van der Waals surface area contributed by atoms with Gasteiger partial charge in [0, 0.05) is 12.6 Å². The van der Waals surface area contributed by atoms with Crippen LogP contribution in [0.25, 0.3) is 0 Å². The van der Waals surface area contributed by atoms with Gasteiger partial charge in [0.05, 0.1) is 0 Å². The summed E-state index contributed by atoms with van der Waals surface area (Å²) in [6.07, 6.45) is 3.01. The van der Waals surface area contributed by atoms with Crippen molar-refractivity contribution >= 4 is 0 Å². The molecule has 2 aromatic rings. The molecular weight excluding hydrogens is 237 g/mol. The minimum Gasteiger partial charge on any atom is -0.489 e. The maximum atomic E-state index is 3.75. The van der Waals surface area contributed by atoms with Crippen LogP contribution in [0.4, 0.5) is 0 Å². The first-order valence-electron chi connectivity index (χ1n) is 6.64. The van der Waals surface area contributed by atoms with Crippen LogP contribution in [0.2, 0.25) is 0 Å². The van der Waals surface area contributed by atoms with Crippen molar-refractivity contribution in [2.24, 2.45) is 0 Å². The molecule has 20 heavy (non-hydrogen) atoms. The summed E-state index contributed by atoms with van der Waals surface area (Å²) in [6, 6.07) is 21.5. The first kappa shape index (κ1) is 16.8. The zero-order valence-electron chi connectivity index (χ0n) is 12.4. The molecule has 0 aliphatic rings. The molecule has 0 bridgehead atoms. The zero-order chi connectivity index (χ0) is 13.5. The quantitative estimate of drug-likeness (QED) is 0.556. The summed E-state index contributed by atoms with van der Waals surface area (Å²) >= 11 is 0. The van der Waals surface area contributed by atoms with Crippen molar-refractivity contribution in [2.45, 2.75) is 19.5 Å². The van der Waals surface area contributed by atoms with E-state index in [1.54, 1.807) is 0 Å². The second kappa shape index (κ2) is 8.82. The Morgan fingerprint density at radius 1 is 1.00 bits per heavy atom. The third-order valence-electron chi connectivity index (χ3n) is 3.37. The summed E-state index contributed by atoms with van der Waals surface area (Å²) in [5.74, 6) is 0. The van der Waals surface area contributed by atoms with E-state index in [1.165, 1.54) is 11.1 Å². The molecule has 0 spiro atoms. The molecule has 2 aromatic carbocycles. The molecule has 2 heteroatoms. The van der Waals surface area contributed by atoms with Gasteiger partial charge in [-0.2, -0.15) is 0 Å². The van der Waals surface area contributed by atoms with Gasteiger partial charge in [-0.25, -0.2) is 0 Å². The molecule has 0 radical (unpaired) electrons. The minimum atomic E-state index is 0. The van der Waals surface area contributed by atoms with Crippen LogP contribution in [0.3, 0.4) is 0 Å². The van der Waals surface area contributed by atoms with Crippen LogP contribution in [0, 0.1) is 6.08 Å². The number of hydrogen-bond donors (Lipinski definition) is 0. The van der Waals surface area contributed by atoms with E-state index in [9.17, 15) is 0 Å². The Morgan fingerprint density at radius 3 is 2.10 bits per heavy atom. The predicted molar refractivity (Wildman–Crippen MR) is 80.6 cm³/mol. The number of nitrogens with zero attached hydrogens (tertiary/aromatic N) is 1. The van der Waals surface area contributed by atoms with Crippen LogP contribution >= 0.6 is 0 Å². The normalized spacial score (nSPS) is 11.7. The van der Waals surface area contributed by atoms with Crippen LogP contribution in [0.5, 0.6) is 0 Å². The Balaban J connectivity index is 0.00000200. The van der Waals surface area contributed by atoms with E-state index in [0.717, 1.165) is 13.1 Å². The van der Waals surface area contributed by atoms with Crippen molar-refractivity contribution in [1.29, 1.82) is 0 Å². The maximum Gasteiger partial charge on any atom is 1.00 e. The predicted octanol–water partition coefficient (Wildman–Crippen LogP) is 1.24. The van der Waals surface area contributed by atoms with Crippen LogP contribution in [-0.4, -0.2) is 11.4 Å². The minimum absolute atomic E-state index is 0. The van der Waals surface area contributed by atoms with Gasteiger partial charge in [-0.05, 0) is 18.1 Å². The summed E-state index contributed by atoms with van der Waals surface area (Å²) in [7, 11) is 0. The Bertz CT molecular complexity index is 495. The van der Waals surface area contributed by atoms with Crippen molar-refractivity contribution in [1.82, 2.24) is 4.90 Å². The first-order valence-corrected chi connectivity index (χ1v) is 6.64. The fraction of sp³-hybridized carbons (Fsp3) is 0.222. The molecule has 0 fully saturated rings. The second-order valence-electron chi connectivity index (χ2n) is 4.73. The summed E-state index contributed by atoms with van der Waals surface area (Å²) in [5.41, 5.74) is 2.65. The molecule has 0 unspecified atom stereocenters. The SMILES string of the molecule is C=[C-]CN(Cc1ccccc1)[C@@H](C)c1ccccc1.[Li+]. The fourth-order valence-corrected chi connectivity index (χ4v) is 2.23. The van der Waals surface area contributed by atoms with Crippen molar-refractivity contribution in [3.8, 4) is 0 Å². The molecule has 2 rings (SSSR count). The molecule has 0 aliphatic carbocycles. The number of hydrogen-bond acceptors (Lipinski definition) is 1.